The van der Waals surface area contributed by atoms with Crippen molar-refractivity contribution in [1.82, 2.24) is 4.98 Å². The topological polar surface area (TPSA) is 29.3 Å². The Hall–Kier alpha value is -7.53. The number of fused-ring (bicyclic) bond motifs is 7. The second-order valence-electron chi connectivity index (χ2n) is 15.8. The number of thiazole rings is 1. The van der Waals surface area contributed by atoms with E-state index in [1.54, 1.807) is 11.3 Å². The Kier molecular flexibility index (Phi) is 8.50. The molecule has 1 atom stereocenters. The fourth-order valence-corrected chi connectivity index (χ4v) is 10.3. The lowest BCUT2D eigenvalue weighted by atomic mass is 9.92. The quantitative estimate of drug-likeness (QED) is 0.161. The molecule has 2 heterocycles. The van der Waals surface area contributed by atoms with Crippen molar-refractivity contribution >= 4 is 82.0 Å². The van der Waals surface area contributed by atoms with Crippen molar-refractivity contribution in [2.45, 2.75) is 12.5 Å². The Morgan fingerprint density at radius 1 is 0.525 bits per heavy atom. The predicted octanol–water partition coefficient (Wildman–Crippen LogP) is 16.1. The molecule has 0 aliphatic heterocycles. The van der Waals surface area contributed by atoms with Crippen LogP contribution in [0.15, 0.2) is 217 Å². The average molecular weight is 799 g/mol. The Balaban J connectivity index is 0.951. The molecule has 1 aliphatic rings. The van der Waals surface area contributed by atoms with E-state index in [2.05, 4.69) is 211 Å². The molecule has 1 unspecified atom stereocenters. The van der Waals surface area contributed by atoms with Crippen molar-refractivity contribution in [3.05, 3.63) is 218 Å². The predicted molar refractivity (Wildman–Crippen MR) is 259 cm³/mol. The van der Waals surface area contributed by atoms with Gasteiger partial charge in [0, 0.05) is 33.1 Å². The van der Waals surface area contributed by atoms with Gasteiger partial charge >= 0.3 is 0 Å². The van der Waals surface area contributed by atoms with Gasteiger partial charge in [0.1, 0.15) is 16.2 Å². The first-order valence-corrected chi connectivity index (χ1v) is 21.7. The first kappa shape index (κ1) is 35.4. The number of rotatable bonds is 7. The highest BCUT2D eigenvalue weighted by Crippen LogP contribution is 2.44. The fraction of sp³-hybridized carbons (Fsp3) is 0.0351. The van der Waals surface area contributed by atoms with Crippen molar-refractivity contribution in [1.29, 1.82) is 0 Å². The van der Waals surface area contributed by atoms with Crippen molar-refractivity contribution < 1.29 is 4.42 Å². The third-order valence-corrected chi connectivity index (χ3v) is 13.4. The molecule has 0 saturated carbocycles. The molecular formula is C57H38N2OS. The van der Waals surface area contributed by atoms with Crippen molar-refractivity contribution in [3.63, 3.8) is 0 Å². The molecule has 0 radical (unpaired) electrons. The minimum atomic E-state index is 0.115. The second kappa shape index (κ2) is 14.6. The molecule has 4 heteroatoms. The van der Waals surface area contributed by atoms with E-state index in [-0.39, 0.29) is 6.04 Å². The molecule has 3 nitrogen and oxygen atoms in total. The smallest absolute Gasteiger partial charge is 0.137 e. The number of hydrogen-bond acceptors (Lipinski definition) is 4. The molecule has 0 bridgehead atoms. The monoisotopic (exact) mass is 798 g/mol. The summed E-state index contributed by atoms with van der Waals surface area (Å²) < 4.78 is 7.58. The van der Waals surface area contributed by atoms with E-state index < -0.39 is 0 Å². The SMILES string of the molecule is C1=CC(N(c2ccc(-c3ccc4oc5ccc6nc(-c7ccccc7)sc6c5c4c3)cc2)c2ccc(-c3ccc4ccccc4c3)c3ccccc23)CC=C1c1ccccc1. The second-order valence-corrected chi connectivity index (χ2v) is 16.8. The van der Waals surface area contributed by atoms with Crippen LogP contribution in [0, 0.1) is 0 Å². The van der Waals surface area contributed by atoms with Gasteiger partial charge in [-0.3, -0.25) is 0 Å². The maximum atomic E-state index is 6.42. The van der Waals surface area contributed by atoms with Crippen LogP contribution in [0.3, 0.4) is 0 Å². The molecule has 288 valence electrons. The molecular weight excluding hydrogens is 761 g/mol. The number of benzene rings is 9. The summed E-state index contributed by atoms with van der Waals surface area (Å²) in [5.74, 6) is 0. The number of hydrogen-bond donors (Lipinski definition) is 0. The Bertz CT molecular complexity index is 3510. The molecule has 12 rings (SSSR count). The minimum Gasteiger partial charge on any atom is -0.456 e. The van der Waals surface area contributed by atoms with Crippen LogP contribution in [0.5, 0.6) is 0 Å². The molecule has 2 aromatic heterocycles. The molecule has 0 N–H and O–H groups in total. The van der Waals surface area contributed by atoms with E-state index in [0.29, 0.717) is 0 Å². The lowest BCUT2D eigenvalue weighted by Gasteiger charge is -2.34. The van der Waals surface area contributed by atoms with Gasteiger partial charge in [-0.2, -0.15) is 0 Å². The van der Waals surface area contributed by atoms with E-state index >= 15 is 0 Å². The van der Waals surface area contributed by atoms with Crippen LogP contribution in [0.4, 0.5) is 11.4 Å². The summed E-state index contributed by atoms with van der Waals surface area (Å²) in [6.07, 6.45) is 7.94. The standard InChI is InChI=1S/C57H38N2OS/c1-3-11-37(12-4-1)39-21-26-45(27-22-39)59(52-32-30-47(48-17-9-10-18-49(48)52)44-20-19-38-13-7-8-16-42(38)35-44)46-28-23-40(24-29-46)43-25-33-53-50(36-43)55-54(60-53)34-31-51-56(55)61-57(58-51)41-14-5-2-6-15-41/h1-26,28-36,45H,27H2. The molecule has 11 aromatic rings. The van der Waals surface area contributed by atoms with E-state index in [1.165, 1.54) is 49.5 Å². The normalized spacial score (nSPS) is 14.0. The lowest BCUT2D eigenvalue weighted by molar-refractivity contribution is 0.669. The Morgan fingerprint density at radius 2 is 1.23 bits per heavy atom. The first-order chi connectivity index (χ1) is 30.2. The lowest BCUT2D eigenvalue weighted by Crippen LogP contribution is -2.30. The largest absolute Gasteiger partial charge is 0.456 e. The van der Waals surface area contributed by atoms with Gasteiger partial charge in [-0.05, 0) is 105 Å². The summed E-state index contributed by atoms with van der Waals surface area (Å²) in [6, 6.07) is 70.0. The zero-order chi connectivity index (χ0) is 40.3. The zero-order valence-electron chi connectivity index (χ0n) is 33.2. The molecule has 9 aromatic carbocycles. The van der Waals surface area contributed by atoms with Crippen LogP contribution >= 0.6 is 11.3 Å². The Morgan fingerprint density at radius 3 is 2.03 bits per heavy atom. The summed E-state index contributed by atoms with van der Waals surface area (Å²) in [6.45, 7) is 0. The van der Waals surface area contributed by atoms with E-state index in [4.69, 9.17) is 9.40 Å². The van der Waals surface area contributed by atoms with Gasteiger partial charge in [0.05, 0.1) is 16.3 Å². The maximum Gasteiger partial charge on any atom is 0.137 e. The van der Waals surface area contributed by atoms with Crippen LogP contribution in [0.2, 0.25) is 0 Å². The van der Waals surface area contributed by atoms with Crippen molar-refractivity contribution in [2.75, 3.05) is 4.90 Å². The number of aromatic nitrogens is 1. The molecule has 1 aliphatic carbocycles. The minimum absolute atomic E-state index is 0.115. The fourth-order valence-electron chi connectivity index (χ4n) is 9.20. The van der Waals surface area contributed by atoms with Gasteiger partial charge < -0.3 is 9.32 Å². The zero-order valence-corrected chi connectivity index (χ0v) is 34.0. The van der Waals surface area contributed by atoms with Gasteiger partial charge in [0.2, 0.25) is 0 Å². The highest BCUT2D eigenvalue weighted by molar-refractivity contribution is 7.22. The van der Waals surface area contributed by atoms with Gasteiger partial charge in [0.15, 0.2) is 0 Å². The first-order valence-electron chi connectivity index (χ1n) is 20.9. The van der Waals surface area contributed by atoms with Gasteiger partial charge in [-0.15, -0.1) is 11.3 Å². The van der Waals surface area contributed by atoms with E-state index in [0.717, 1.165) is 66.0 Å². The van der Waals surface area contributed by atoms with E-state index in [9.17, 15) is 0 Å². The van der Waals surface area contributed by atoms with E-state index in [1.807, 2.05) is 6.07 Å². The van der Waals surface area contributed by atoms with Gasteiger partial charge in [-0.25, -0.2) is 4.98 Å². The number of anilines is 2. The summed E-state index contributed by atoms with van der Waals surface area (Å²) in [7, 11) is 0. The molecule has 0 amide bonds. The highest BCUT2D eigenvalue weighted by atomic mass is 32.1. The van der Waals surface area contributed by atoms with Gasteiger partial charge in [0.25, 0.3) is 0 Å². The van der Waals surface area contributed by atoms with Gasteiger partial charge in [-0.1, -0.05) is 164 Å². The maximum absolute atomic E-state index is 6.42. The van der Waals surface area contributed by atoms with Crippen LogP contribution < -0.4 is 4.90 Å². The number of furan rings is 1. The number of nitrogens with zero attached hydrogens (tertiary/aromatic N) is 2. The summed E-state index contributed by atoms with van der Waals surface area (Å²) in [5, 5.41) is 8.22. The van der Waals surface area contributed by atoms with Crippen LogP contribution in [-0.2, 0) is 0 Å². The average Bonchev–Trinajstić information content (AvgIpc) is 3.94. The molecule has 0 spiro atoms. The third kappa shape index (κ3) is 6.23. The summed E-state index contributed by atoms with van der Waals surface area (Å²) in [5.41, 5.74) is 13.5. The van der Waals surface area contributed by atoms with Crippen LogP contribution in [-0.4, -0.2) is 11.0 Å². The van der Waals surface area contributed by atoms with Crippen molar-refractivity contribution in [2.24, 2.45) is 0 Å². The number of allylic oxidation sites excluding steroid dienone is 2. The third-order valence-electron chi connectivity index (χ3n) is 12.2. The van der Waals surface area contributed by atoms with Crippen molar-refractivity contribution in [3.8, 4) is 32.8 Å². The molecule has 0 saturated heterocycles. The summed E-state index contributed by atoms with van der Waals surface area (Å²) in [4.78, 5) is 7.55. The summed E-state index contributed by atoms with van der Waals surface area (Å²) >= 11 is 1.73. The van der Waals surface area contributed by atoms with Crippen LogP contribution in [0.25, 0.3) is 92.1 Å². The molecule has 0 fully saturated rings. The Labute approximate surface area is 357 Å². The van der Waals surface area contributed by atoms with Crippen LogP contribution in [0.1, 0.15) is 12.0 Å². The molecule has 61 heavy (non-hydrogen) atoms. The highest BCUT2D eigenvalue weighted by Gasteiger charge is 2.24.